The number of nitrogens with zero attached hydrogens (tertiary/aromatic N) is 3. The number of carbonyl (C=O) groups excluding carboxylic acids is 1. The van der Waals surface area contributed by atoms with Gasteiger partial charge in [0.1, 0.15) is 5.65 Å². The largest absolute Gasteiger partial charge is 0.306 e. The zero-order chi connectivity index (χ0) is 12.5. The lowest BCUT2D eigenvalue weighted by molar-refractivity contribution is 0.102. The van der Waals surface area contributed by atoms with Gasteiger partial charge < -0.3 is 4.40 Å². The summed E-state index contributed by atoms with van der Waals surface area (Å²) in [6, 6.07) is 3.58. The van der Waals surface area contributed by atoms with Gasteiger partial charge in [0.05, 0.1) is 11.3 Å². The van der Waals surface area contributed by atoms with Gasteiger partial charge in [-0.05, 0) is 19.1 Å². The van der Waals surface area contributed by atoms with Crippen molar-refractivity contribution in [1.29, 1.82) is 0 Å². The molecule has 0 radical (unpaired) electrons. The summed E-state index contributed by atoms with van der Waals surface area (Å²) in [5.41, 5.74) is 2.08. The number of nitrogens with one attached hydrogen (secondary N) is 1. The number of fused-ring (bicyclic) bond motifs is 1. The number of amides is 1. The minimum absolute atomic E-state index is 0.193. The van der Waals surface area contributed by atoms with Crippen LogP contribution in [0.4, 0.5) is 5.13 Å². The molecule has 0 spiro atoms. The highest BCUT2D eigenvalue weighted by molar-refractivity contribution is 7.13. The maximum absolute atomic E-state index is 12.1. The fourth-order valence-corrected chi connectivity index (χ4v) is 2.29. The molecule has 6 heteroatoms. The second kappa shape index (κ2) is 4.23. The fraction of sp³-hybridized carbons (Fsp3) is 0.0833. The zero-order valence-corrected chi connectivity index (χ0v) is 10.4. The van der Waals surface area contributed by atoms with Crippen LogP contribution in [0.15, 0.2) is 36.1 Å². The number of pyridine rings is 1. The average Bonchev–Trinajstić information content (AvgIpc) is 2.95. The summed E-state index contributed by atoms with van der Waals surface area (Å²) in [6.45, 7) is 1.90. The number of carbonyl (C=O) groups is 1. The minimum atomic E-state index is -0.193. The summed E-state index contributed by atoms with van der Waals surface area (Å²) < 4.78 is 1.84. The molecule has 3 aromatic heterocycles. The van der Waals surface area contributed by atoms with E-state index in [1.807, 2.05) is 35.2 Å². The van der Waals surface area contributed by atoms with Gasteiger partial charge in [-0.15, -0.1) is 11.3 Å². The van der Waals surface area contributed by atoms with Gasteiger partial charge in [0.25, 0.3) is 5.91 Å². The van der Waals surface area contributed by atoms with Crippen molar-refractivity contribution in [2.75, 3.05) is 5.32 Å². The number of rotatable bonds is 2. The van der Waals surface area contributed by atoms with Crippen LogP contribution < -0.4 is 5.32 Å². The Morgan fingerprint density at radius 3 is 3.17 bits per heavy atom. The Hall–Kier alpha value is -2.21. The first-order chi connectivity index (χ1) is 8.74. The maximum Gasteiger partial charge on any atom is 0.261 e. The normalized spacial score (nSPS) is 10.7. The third kappa shape index (κ3) is 1.86. The first kappa shape index (κ1) is 10.9. The van der Waals surface area contributed by atoms with Crippen LogP contribution in [-0.4, -0.2) is 20.3 Å². The van der Waals surface area contributed by atoms with Crippen LogP contribution in [0.5, 0.6) is 0 Å². The number of aromatic nitrogens is 3. The Kier molecular flexibility index (Phi) is 2.56. The number of aryl methyl sites for hydroxylation is 1. The van der Waals surface area contributed by atoms with Crippen molar-refractivity contribution in [2.24, 2.45) is 0 Å². The molecule has 0 aliphatic rings. The molecule has 0 fully saturated rings. The second-order valence-electron chi connectivity index (χ2n) is 3.83. The molecule has 3 heterocycles. The lowest BCUT2D eigenvalue weighted by Crippen LogP contribution is -2.13. The van der Waals surface area contributed by atoms with Crippen molar-refractivity contribution in [1.82, 2.24) is 14.4 Å². The smallest absolute Gasteiger partial charge is 0.261 e. The van der Waals surface area contributed by atoms with Crippen molar-refractivity contribution in [3.05, 3.63) is 47.4 Å². The maximum atomic E-state index is 12.1. The molecule has 0 aliphatic heterocycles. The molecule has 0 unspecified atom stereocenters. The lowest BCUT2D eigenvalue weighted by Gasteiger charge is -2.03. The van der Waals surface area contributed by atoms with E-state index < -0.39 is 0 Å². The van der Waals surface area contributed by atoms with Gasteiger partial charge in [-0.25, -0.2) is 9.97 Å². The van der Waals surface area contributed by atoms with Gasteiger partial charge in [0.15, 0.2) is 5.13 Å². The predicted octanol–water partition coefficient (Wildman–Crippen LogP) is 2.35. The van der Waals surface area contributed by atoms with Crippen LogP contribution in [0.25, 0.3) is 5.65 Å². The van der Waals surface area contributed by atoms with Gasteiger partial charge in [-0.1, -0.05) is 0 Å². The molecule has 1 amide bonds. The highest BCUT2D eigenvalue weighted by atomic mass is 32.1. The summed E-state index contributed by atoms with van der Waals surface area (Å²) >= 11 is 1.39. The molecular weight excluding hydrogens is 248 g/mol. The molecule has 0 aromatic carbocycles. The fourth-order valence-electron chi connectivity index (χ4n) is 1.76. The molecule has 18 heavy (non-hydrogen) atoms. The van der Waals surface area contributed by atoms with Crippen LogP contribution in [0.3, 0.4) is 0 Å². The highest BCUT2D eigenvalue weighted by Gasteiger charge is 2.13. The van der Waals surface area contributed by atoms with Gasteiger partial charge >= 0.3 is 0 Å². The van der Waals surface area contributed by atoms with Crippen molar-refractivity contribution in [3.8, 4) is 0 Å². The standard InChI is InChI=1S/C12H10N4OS/c1-8-7-16-5-2-3-9(10(16)14-8)11(17)15-12-13-4-6-18-12/h2-7H,1H3,(H,13,15,17). The van der Waals surface area contributed by atoms with Crippen molar-refractivity contribution < 1.29 is 4.79 Å². The van der Waals surface area contributed by atoms with E-state index in [4.69, 9.17) is 0 Å². The van der Waals surface area contributed by atoms with Gasteiger partial charge in [0, 0.05) is 24.0 Å². The zero-order valence-electron chi connectivity index (χ0n) is 9.62. The van der Waals surface area contributed by atoms with E-state index >= 15 is 0 Å². The Balaban J connectivity index is 2.01. The quantitative estimate of drug-likeness (QED) is 0.767. The summed E-state index contributed by atoms with van der Waals surface area (Å²) in [7, 11) is 0. The number of imidazole rings is 1. The number of hydrogen-bond acceptors (Lipinski definition) is 4. The van der Waals surface area contributed by atoms with Crippen LogP contribution >= 0.6 is 11.3 Å². The molecular formula is C12H10N4OS. The molecule has 0 saturated heterocycles. The topological polar surface area (TPSA) is 59.3 Å². The molecule has 90 valence electrons. The summed E-state index contributed by atoms with van der Waals surface area (Å²) in [5.74, 6) is -0.193. The molecule has 0 aliphatic carbocycles. The van der Waals surface area contributed by atoms with E-state index in [0.29, 0.717) is 16.3 Å². The van der Waals surface area contributed by atoms with Gasteiger partial charge in [0.2, 0.25) is 0 Å². The predicted molar refractivity (Wildman–Crippen MR) is 70.0 cm³/mol. The third-order valence-electron chi connectivity index (χ3n) is 2.50. The first-order valence-electron chi connectivity index (χ1n) is 5.39. The summed E-state index contributed by atoms with van der Waals surface area (Å²) in [6.07, 6.45) is 5.41. The SMILES string of the molecule is Cc1cn2cccc(C(=O)Nc3nccs3)c2n1. The number of thiazole rings is 1. The monoisotopic (exact) mass is 258 g/mol. The van der Waals surface area contributed by atoms with E-state index in [-0.39, 0.29) is 5.91 Å². The number of anilines is 1. The van der Waals surface area contributed by atoms with E-state index in [1.165, 1.54) is 11.3 Å². The first-order valence-corrected chi connectivity index (χ1v) is 6.27. The molecule has 0 atom stereocenters. The van der Waals surface area contributed by atoms with Crippen molar-refractivity contribution in [2.45, 2.75) is 6.92 Å². The van der Waals surface area contributed by atoms with Crippen molar-refractivity contribution in [3.63, 3.8) is 0 Å². The second-order valence-corrected chi connectivity index (χ2v) is 4.72. The molecule has 0 bridgehead atoms. The number of hydrogen-bond donors (Lipinski definition) is 1. The van der Waals surface area contributed by atoms with Gasteiger partial charge in [-0.3, -0.25) is 10.1 Å². The van der Waals surface area contributed by atoms with E-state index in [2.05, 4.69) is 15.3 Å². The Labute approximate surface area is 107 Å². The molecule has 3 aromatic rings. The van der Waals surface area contributed by atoms with E-state index in [0.717, 1.165) is 5.69 Å². The van der Waals surface area contributed by atoms with E-state index in [9.17, 15) is 4.79 Å². The lowest BCUT2D eigenvalue weighted by atomic mass is 10.2. The minimum Gasteiger partial charge on any atom is -0.306 e. The molecule has 0 saturated carbocycles. The molecule has 3 rings (SSSR count). The molecule has 1 N–H and O–H groups in total. The van der Waals surface area contributed by atoms with Crippen LogP contribution in [-0.2, 0) is 0 Å². The van der Waals surface area contributed by atoms with Crippen molar-refractivity contribution >= 4 is 28.0 Å². The summed E-state index contributed by atoms with van der Waals surface area (Å²) in [5, 5.41) is 5.16. The average molecular weight is 258 g/mol. The Morgan fingerprint density at radius 1 is 1.50 bits per heavy atom. The third-order valence-corrected chi connectivity index (χ3v) is 3.19. The van der Waals surface area contributed by atoms with Crippen LogP contribution in [0.2, 0.25) is 0 Å². The Bertz CT molecular complexity index is 702. The van der Waals surface area contributed by atoms with Crippen LogP contribution in [0, 0.1) is 6.92 Å². The molecule has 5 nitrogen and oxygen atoms in total. The van der Waals surface area contributed by atoms with E-state index in [1.54, 1.807) is 12.3 Å². The van der Waals surface area contributed by atoms with Crippen LogP contribution in [0.1, 0.15) is 16.1 Å². The Morgan fingerprint density at radius 2 is 2.39 bits per heavy atom. The van der Waals surface area contributed by atoms with Gasteiger partial charge in [-0.2, -0.15) is 0 Å². The highest BCUT2D eigenvalue weighted by Crippen LogP contribution is 2.15. The summed E-state index contributed by atoms with van der Waals surface area (Å²) in [4.78, 5) is 20.5.